The van der Waals surface area contributed by atoms with Crippen LogP contribution in [0.15, 0.2) is 29.3 Å². The molecule has 0 aliphatic carbocycles. The largest absolute Gasteiger partial charge is 0.508 e. The first-order valence-electron chi connectivity index (χ1n) is 7.08. The van der Waals surface area contributed by atoms with Gasteiger partial charge in [0.25, 0.3) is 0 Å². The van der Waals surface area contributed by atoms with Gasteiger partial charge in [-0.25, -0.2) is 0 Å². The van der Waals surface area contributed by atoms with Crippen LogP contribution >= 0.6 is 0 Å². The minimum atomic E-state index is -0.311. The van der Waals surface area contributed by atoms with E-state index in [4.69, 9.17) is 10.5 Å². The Morgan fingerprint density at radius 2 is 2.40 bits per heavy atom. The Labute approximate surface area is 119 Å². The van der Waals surface area contributed by atoms with Gasteiger partial charge in [-0.2, -0.15) is 0 Å². The molecule has 2 aliphatic rings. The second kappa shape index (κ2) is 4.98. The Bertz CT molecular complexity index is 526. The van der Waals surface area contributed by atoms with E-state index in [2.05, 4.69) is 16.8 Å². The van der Waals surface area contributed by atoms with Gasteiger partial charge in [0.15, 0.2) is 5.96 Å². The van der Waals surface area contributed by atoms with Gasteiger partial charge in [-0.1, -0.05) is 12.1 Å². The number of rotatable bonds is 3. The van der Waals surface area contributed by atoms with E-state index in [9.17, 15) is 5.11 Å². The minimum Gasteiger partial charge on any atom is -0.508 e. The van der Waals surface area contributed by atoms with Crippen molar-refractivity contribution in [3.8, 4) is 5.75 Å². The van der Waals surface area contributed by atoms with Crippen molar-refractivity contribution in [1.29, 1.82) is 0 Å². The molecule has 0 spiro atoms. The molecule has 0 amide bonds. The molecular weight excluding hydrogens is 254 g/mol. The molecular formula is C15H21N3O2. The highest BCUT2D eigenvalue weighted by Crippen LogP contribution is 2.35. The number of guanidine groups is 1. The van der Waals surface area contributed by atoms with Gasteiger partial charge in [0.2, 0.25) is 0 Å². The summed E-state index contributed by atoms with van der Waals surface area (Å²) in [6.45, 7) is 4.30. The van der Waals surface area contributed by atoms with Crippen molar-refractivity contribution >= 4 is 5.96 Å². The lowest BCUT2D eigenvalue weighted by Gasteiger charge is -2.38. The van der Waals surface area contributed by atoms with Gasteiger partial charge in [-0.3, -0.25) is 4.99 Å². The molecule has 1 fully saturated rings. The van der Waals surface area contributed by atoms with Gasteiger partial charge in [-0.05, 0) is 37.5 Å². The van der Waals surface area contributed by atoms with Crippen LogP contribution in [0.2, 0.25) is 0 Å². The van der Waals surface area contributed by atoms with E-state index in [0.29, 0.717) is 12.5 Å². The van der Waals surface area contributed by atoms with Crippen LogP contribution in [0.5, 0.6) is 5.75 Å². The Balaban J connectivity index is 1.86. The van der Waals surface area contributed by atoms with Crippen molar-refractivity contribution in [2.45, 2.75) is 31.4 Å². The average Bonchev–Trinajstić information content (AvgIpc) is 3.03. The molecule has 3 rings (SSSR count). The summed E-state index contributed by atoms with van der Waals surface area (Å²) in [5.74, 6) is 0.831. The van der Waals surface area contributed by atoms with Crippen LogP contribution in [0.25, 0.3) is 0 Å². The summed E-state index contributed by atoms with van der Waals surface area (Å²) in [7, 11) is 0. The topological polar surface area (TPSA) is 71.1 Å². The van der Waals surface area contributed by atoms with E-state index < -0.39 is 0 Å². The van der Waals surface area contributed by atoms with Gasteiger partial charge >= 0.3 is 0 Å². The Hall–Kier alpha value is -1.75. The number of benzene rings is 1. The van der Waals surface area contributed by atoms with Crippen molar-refractivity contribution in [1.82, 2.24) is 4.90 Å². The van der Waals surface area contributed by atoms with E-state index in [1.807, 2.05) is 12.1 Å². The Kier molecular flexibility index (Phi) is 3.30. The smallest absolute Gasteiger partial charge is 0.192 e. The lowest BCUT2D eigenvalue weighted by molar-refractivity contribution is 0.0690. The third-order valence-corrected chi connectivity index (χ3v) is 4.30. The number of phenolic OH excluding ortho intramolecular Hbond substituents is 1. The van der Waals surface area contributed by atoms with Crippen molar-refractivity contribution < 1.29 is 9.84 Å². The number of ether oxygens (including phenoxy) is 1. The summed E-state index contributed by atoms with van der Waals surface area (Å²) in [6.07, 6.45) is 2.40. The number of hydrogen-bond acceptors (Lipinski definition) is 5. The summed E-state index contributed by atoms with van der Waals surface area (Å²) in [5, 5.41) is 9.71. The SMILES string of the molecule is CC1(c2cccc(O)c2)CN=C(N)N1CC1CCCO1. The molecule has 0 saturated carbocycles. The van der Waals surface area contributed by atoms with Gasteiger partial charge in [-0.15, -0.1) is 0 Å². The minimum absolute atomic E-state index is 0.221. The molecule has 20 heavy (non-hydrogen) atoms. The molecule has 2 heterocycles. The first-order valence-corrected chi connectivity index (χ1v) is 7.08. The van der Waals surface area contributed by atoms with Crippen LogP contribution in [-0.4, -0.2) is 41.8 Å². The van der Waals surface area contributed by atoms with Gasteiger partial charge in [0.05, 0.1) is 18.2 Å². The van der Waals surface area contributed by atoms with Gasteiger partial charge < -0.3 is 20.5 Å². The summed E-state index contributed by atoms with van der Waals surface area (Å²) >= 11 is 0. The van der Waals surface area contributed by atoms with E-state index in [1.165, 1.54) is 0 Å². The Morgan fingerprint density at radius 3 is 3.10 bits per heavy atom. The molecule has 3 N–H and O–H groups in total. The zero-order chi connectivity index (χ0) is 14.2. The summed E-state index contributed by atoms with van der Waals surface area (Å²) in [6, 6.07) is 7.33. The van der Waals surface area contributed by atoms with Crippen LogP contribution in [0.1, 0.15) is 25.3 Å². The van der Waals surface area contributed by atoms with E-state index in [0.717, 1.165) is 31.6 Å². The maximum Gasteiger partial charge on any atom is 0.192 e. The standard InChI is InChI=1S/C15H21N3O2/c1-15(11-4-2-5-12(19)8-11)10-17-14(16)18(15)9-13-6-3-7-20-13/h2,4-5,8,13,19H,3,6-7,9-10H2,1H3,(H2,16,17). The molecule has 0 aromatic heterocycles. The first-order chi connectivity index (χ1) is 9.59. The highest BCUT2D eigenvalue weighted by molar-refractivity contribution is 5.81. The van der Waals surface area contributed by atoms with E-state index in [-0.39, 0.29) is 17.4 Å². The highest BCUT2D eigenvalue weighted by atomic mass is 16.5. The number of nitrogens with two attached hydrogens (primary N) is 1. The van der Waals surface area contributed by atoms with Crippen molar-refractivity contribution in [2.75, 3.05) is 19.7 Å². The molecule has 5 heteroatoms. The van der Waals surface area contributed by atoms with E-state index >= 15 is 0 Å². The van der Waals surface area contributed by atoms with Crippen molar-refractivity contribution in [3.63, 3.8) is 0 Å². The lowest BCUT2D eigenvalue weighted by atomic mass is 9.90. The molecule has 0 bridgehead atoms. The second-order valence-corrected chi connectivity index (χ2v) is 5.74. The zero-order valence-electron chi connectivity index (χ0n) is 11.7. The number of nitrogens with zero attached hydrogens (tertiary/aromatic N) is 2. The maximum atomic E-state index is 9.71. The van der Waals surface area contributed by atoms with Crippen LogP contribution < -0.4 is 5.73 Å². The van der Waals surface area contributed by atoms with Gasteiger partial charge in [0, 0.05) is 13.2 Å². The molecule has 2 atom stereocenters. The van der Waals surface area contributed by atoms with Crippen molar-refractivity contribution in [2.24, 2.45) is 10.7 Å². The Morgan fingerprint density at radius 1 is 1.55 bits per heavy atom. The quantitative estimate of drug-likeness (QED) is 0.875. The van der Waals surface area contributed by atoms with Crippen LogP contribution in [0.4, 0.5) is 0 Å². The van der Waals surface area contributed by atoms with E-state index in [1.54, 1.807) is 12.1 Å². The molecule has 0 radical (unpaired) electrons. The number of aliphatic imine (C=N–C) groups is 1. The average molecular weight is 275 g/mol. The lowest BCUT2D eigenvalue weighted by Crippen LogP contribution is -2.50. The fourth-order valence-corrected chi connectivity index (χ4v) is 3.03. The monoisotopic (exact) mass is 275 g/mol. The second-order valence-electron chi connectivity index (χ2n) is 5.74. The third kappa shape index (κ3) is 2.22. The molecule has 1 aromatic carbocycles. The summed E-state index contributed by atoms with van der Waals surface area (Å²) in [5.41, 5.74) is 6.78. The fraction of sp³-hybridized carbons (Fsp3) is 0.533. The molecule has 108 valence electrons. The number of aromatic hydroxyl groups is 1. The van der Waals surface area contributed by atoms with Crippen molar-refractivity contribution in [3.05, 3.63) is 29.8 Å². The predicted molar refractivity (Wildman–Crippen MR) is 77.6 cm³/mol. The number of hydrogen-bond donors (Lipinski definition) is 2. The highest BCUT2D eigenvalue weighted by Gasteiger charge is 2.41. The summed E-state index contributed by atoms with van der Waals surface area (Å²) in [4.78, 5) is 6.51. The first kappa shape index (κ1) is 13.2. The third-order valence-electron chi connectivity index (χ3n) is 4.30. The molecule has 1 aromatic rings. The van der Waals surface area contributed by atoms with Crippen LogP contribution in [0.3, 0.4) is 0 Å². The van der Waals surface area contributed by atoms with Crippen LogP contribution in [-0.2, 0) is 10.3 Å². The molecule has 2 unspecified atom stereocenters. The number of phenols is 1. The molecule has 5 nitrogen and oxygen atoms in total. The predicted octanol–water partition coefficient (Wildman–Crippen LogP) is 1.42. The molecule has 2 aliphatic heterocycles. The van der Waals surface area contributed by atoms with Crippen LogP contribution in [0, 0.1) is 0 Å². The summed E-state index contributed by atoms with van der Waals surface area (Å²) < 4.78 is 5.71. The zero-order valence-corrected chi connectivity index (χ0v) is 11.7. The normalized spacial score (nSPS) is 29.8. The maximum absolute atomic E-state index is 9.71. The van der Waals surface area contributed by atoms with Gasteiger partial charge in [0.1, 0.15) is 5.75 Å². The molecule has 1 saturated heterocycles. The fourth-order valence-electron chi connectivity index (χ4n) is 3.03.